The van der Waals surface area contributed by atoms with Gasteiger partial charge in [-0.2, -0.15) is 0 Å². The number of H-pyrrole nitrogens is 1. The third-order valence-corrected chi connectivity index (χ3v) is 5.34. The van der Waals surface area contributed by atoms with Crippen LogP contribution >= 0.6 is 24.8 Å². The van der Waals surface area contributed by atoms with Crippen molar-refractivity contribution >= 4 is 41.8 Å². The highest BCUT2D eigenvalue weighted by Crippen LogP contribution is 2.32. The van der Waals surface area contributed by atoms with Crippen molar-refractivity contribution in [1.29, 1.82) is 0 Å². The Morgan fingerprint density at radius 2 is 1.79 bits per heavy atom. The molecule has 2 atom stereocenters. The minimum atomic E-state index is 0. The Balaban J connectivity index is 0.00000140. The summed E-state index contributed by atoms with van der Waals surface area (Å²) < 4.78 is 0. The fourth-order valence-electron chi connectivity index (χ4n) is 3.90. The van der Waals surface area contributed by atoms with Gasteiger partial charge in [-0.1, -0.05) is 42.5 Å². The van der Waals surface area contributed by atoms with E-state index in [1.807, 2.05) is 35.2 Å². The average molecular weight is 421 g/mol. The third-order valence-electron chi connectivity index (χ3n) is 5.34. The zero-order valence-electron chi connectivity index (χ0n) is 15.6. The number of carbonyl (C=O) groups is 1. The topological polar surface area (TPSA) is 75.0 Å². The summed E-state index contributed by atoms with van der Waals surface area (Å²) in [4.78, 5) is 22.5. The molecule has 0 saturated carbocycles. The molecule has 1 aliphatic rings. The van der Waals surface area contributed by atoms with E-state index in [0.29, 0.717) is 31.2 Å². The Bertz CT molecular complexity index is 867. The van der Waals surface area contributed by atoms with Crippen molar-refractivity contribution in [1.82, 2.24) is 14.9 Å². The minimum absolute atomic E-state index is 0. The molecule has 0 aliphatic carbocycles. The van der Waals surface area contributed by atoms with Crippen LogP contribution in [0.25, 0.3) is 11.0 Å². The van der Waals surface area contributed by atoms with Gasteiger partial charge in [0.2, 0.25) is 5.91 Å². The van der Waals surface area contributed by atoms with Gasteiger partial charge in [0, 0.05) is 31.8 Å². The minimum Gasteiger partial charge on any atom is -0.342 e. The molecule has 7 heteroatoms. The molecule has 150 valence electrons. The van der Waals surface area contributed by atoms with E-state index >= 15 is 0 Å². The van der Waals surface area contributed by atoms with Crippen molar-refractivity contribution in [3.05, 3.63) is 66.0 Å². The number of halogens is 2. The molecular weight excluding hydrogens is 395 g/mol. The van der Waals surface area contributed by atoms with Crippen LogP contribution in [-0.4, -0.2) is 40.4 Å². The van der Waals surface area contributed by atoms with E-state index in [1.165, 1.54) is 5.56 Å². The van der Waals surface area contributed by atoms with E-state index in [2.05, 4.69) is 34.2 Å². The Labute approximate surface area is 177 Å². The smallest absolute Gasteiger partial charge is 0.223 e. The average Bonchev–Trinajstić information content (AvgIpc) is 3.30. The summed E-state index contributed by atoms with van der Waals surface area (Å²) in [6, 6.07) is 18.3. The van der Waals surface area contributed by atoms with Gasteiger partial charge in [0.15, 0.2) is 0 Å². The van der Waals surface area contributed by atoms with Gasteiger partial charge in [-0.15, -0.1) is 24.8 Å². The number of imidazole rings is 1. The molecule has 0 spiro atoms. The van der Waals surface area contributed by atoms with Crippen LogP contribution in [0.5, 0.6) is 0 Å². The number of carbonyl (C=O) groups excluding carboxylic acids is 1. The van der Waals surface area contributed by atoms with Crippen molar-refractivity contribution in [3.8, 4) is 0 Å². The van der Waals surface area contributed by atoms with Crippen LogP contribution in [0.4, 0.5) is 0 Å². The van der Waals surface area contributed by atoms with E-state index in [1.54, 1.807) is 0 Å². The Kier molecular flexibility index (Phi) is 7.87. The first kappa shape index (κ1) is 22.2. The van der Waals surface area contributed by atoms with Crippen molar-refractivity contribution in [2.45, 2.75) is 18.8 Å². The summed E-state index contributed by atoms with van der Waals surface area (Å²) in [5.41, 5.74) is 9.22. The van der Waals surface area contributed by atoms with Gasteiger partial charge in [-0.05, 0) is 30.2 Å². The zero-order chi connectivity index (χ0) is 17.9. The number of nitrogens with two attached hydrogens (primary N) is 1. The molecule has 0 unspecified atom stereocenters. The van der Waals surface area contributed by atoms with E-state index in [-0.39, 0.29) is 30.7 Å². The highest BCUT2D eigenvalue weighted by molar-refractivity contribution is 5.85. The summed E-state index contributed by atoms with van der Waals surface area (Å²) >= 11 is 0. The fourth-order valence-corrected chi connectivity index (χ4v) is 3.90. The zero-order valence-corrected chi connectivity index (χ0v) is 17.2. The lowest BCUT2D eigenvalue weighted by Gasteiger charge is -2.16. The number of aromatic amines is 1. The van der Waals surface area contributed by atoms with Gasteiger partial charge in [0.1, 0.15) is 5.82 Å². The summed E-state index contributed by atoms with van der Waals surface area (Å²) in [5.74, 6) is 1.71. The van der Waals surface area contributed by atoms with Crippen LogP contribution in [0, 0.1) is 5.92 Å². The van der Waals surface area contributed by atoms with E-state index in [0.717, 1.165) is 29.9 Å². The Morgan fingerprint density at radius 1 is 1.07 bits per heavy atom. The first-order valence-corrected chi connectivity index (χ1v) is 9.21. The lowest BCUT2D eigenvalue weighted by Crippen LogP contribution is -2.30. The monoisotopic (exact) mass is 420 g/mol. The number of benzene rings is 2. The lowest BCUT2D eigenvalue weighted by molar-refractivity contribution is -0.130. The van der Waals surface area contributed by atoms with Gasteiger partial charge in [0.25, 0.3) is 0 Å². The van der Waals surface area contributed by atoms with Crippen LogP contribution in [0.1, 0.15) is 23.7 Å². The number of likely N-dealkylation sites (tertiary alicyclic amines) is 1. The molecule has 1 amide bonds. The standard InChI is InChI=1S/C21H24N4O.2ClH/c22-12-16-13-25(14-17(16)15-6-2-1-3-7-15)21(26)11-10-20-23-18-8-4-5-9-19(18)24-20;;/h1-9,16-17H,10-14,22H2,(H,23,24);2*1H/t16-,17+;;/m1../s1. The maximum absolute atomic E-state index is 12.7. The first-order valence-electron chi connectivity index (χ1n) is 9.21. The molecule has 0 radical (unpaired) electrons. The van der Waals surface area contributed by atoms with Crippen LogP contribution in [0.2, 0.25) is 0 Å². The first-order chi connectivity index (χ1) is 12.7. The quantitative estimate of drug-likeness (QED) is 0.662. The second-order valence-corrected chi connectivity index (χ2v) is 7.01. The summed E-state index contributed by atoms with van der Waals surface area (Å²) in [7, 11) is 0. The van der Waals surface area contributed by atoms with Crippen LogP contribution in [0.3, 0.4) is 0 Å². The van der Waals surface area contributed by atoms with Crippen LogP contribution in [0.15, 0.2) is 54.6 Å². The molecule has 4 rings (SSSR count). The van der Waals surface area contributed by atoms with Gasteiger partial charge in [-0.25, -0.2) is 4.98 Å². The molecule has 5 nitrogen and oxygen atoms in total. The van der Waals surface area contributed by atoms with E-state index in [9.17, 15) is 4.79 Å². The van der Waals surface area contributed by atoms with E-state index < -0.39 is 0 Å². The van der Waals surface area contributed by atoms with E-state index in [4.69, 9.17) is 5.73 Å². The highest BCUT2D eigenvalue weighted by Gasteiger charge is 2.34. The molecule has 28 heavy (non-hydrogen) atoms. The lowest BCUT2D eigenvalue weighted by atomic mass is 9.89. The number of aromatic nitrogens is 2. The maximum atomic E-state index is 12.7. The number of amides is 1. The van der Waals surface area contributed by atoms with Crippen molar-refractivity contribution in [2.75, 3.05) is 19.6 Å². The number of aryl methyl sites for hydroxylation is 1. The van der Waals surface area contributed by atoms with Crippen molar-refractivity contribution in [3.63, 3.8) is 0 Å². The van der Waals surface area contributed by atoms with Crippen LogP contribution < -0.4 is 5.73 Å². The molecular formula is C21H26Cl2N4O. The molecule has 1 fully saturated rings. The normalized spacial score (nSPS) is 18.5. The van der Waals surface area contributed by atoms with Crippen molar-refractivity contribution in [2.24, 2.45) is 11.7 Å². The number of hydrogen-bond acceptors (Lipinski definition) is 3. The fraction of sp³-hybridized carbons (Fsp3) is 0.333. The molecule has 1 aliphatic heterocycles. The molecule has 0 bridgehead atoms. The second-order valence-electron chi connectivity index (χ2n) is 7.01. The molecule has 1 aromatic heterocycles. The number of hydrogen-bond donors (Lipinski definition) is 2. The van der Waals surface area contributed by atoms with Crippen molar-refractivity contribution < 1.29 is 4.79 Å². The highest BCUT2D eigenvalue weighted by atomic mass is 35.5. The SMILES string of the molecule is Cl.Cl.NC[C@@H]1CN(C(=O)CCc2nc3ccccc3[nH]2)C[C@H]1c1ccccc1. The molecule has 2 aromatic carbocycles. The molecule has 3 N–H and O–H groups in total. The number of fused-ring (bicyclic) bond motifs is 1. The predicted octanol–water partition coefficient (Wildman–Crippen LogP) is 3.54. The molecule has 1 saturated heterocycles. The third kappa shape index (κ3) is 4.66. The maximum Gasteiger partial charge on any atom is 0.223 e. The predicted molar refractivity (Wildman–Crippen MR) is 117 cm³/mol. The van der Waals surface area contributed by atoms with Crippen LogP contribution in [-0.2, 0) is 11.2 Å². The summed E-state index contributed by atoms with van der Waals surface area (Å²) in [6.45, 7) is 2.10. The number of nitrogens with zero attached hydrogens (tertiary/aromatic N) is 2. The van der Waals surface area contributed by atoms with Gasteiger partial charge < -0.3 is 15.6 Å². The number of nitrogens with one attached hydrogen (secondary N) is 1. The van der Waals surface area contributed by atoms with Gasteiger partial charge >= 0.3 is 0 Å². The molecule has 3 aromatic rings. The summed E-state index contributed by atoms with van der Waals surface area (Å²) in [6.07, 6.45) is 1.10. The number of para-hydroxylation sites is 2. The largest absolute Gasteiger partial charge is 0.342 e. The summed E-state index contributed by atoms with van der Waals surface area (Å²) in [5, 5.41) is 0. The van der Waals surface area contributed by atoms with Gasteiger partial charge in [0.05, 0.1) is 11.0 Å². The Hall–Kier alpha value is -2.08. The van der Waals surface area contributed by atoms with Gasteiger partial charge in [-0.3, -0.25) is 4.79 Å². The molecule has 2 heterocycles. The number of rotatable bonds is 5. The Morgan fingerprint density at radius 3 is 2.50 bits per heavy atom. The second kappa shape index (κ2) is 9.92.